The van der Waals surface area contributed by atoms with Crippen LogP contribution in [-0.2, 0) is 9.47 Å². The second-order valence-electron chi connectivity index (χ2n) is 3.67. The predicted molar refractivity (Wildman–Crippen MR) is 53.9 cm³/mol. The van der Waals surface area contributed by atoms with E-state index in [0.29, 0.717) is 6.54 Å². The van der Waals surface area contributed by atoms with Crippen molar-refractivity contribution in [3.05, 3.63) is 0 Å². The molecule has 5 N–H and O–H groups in total. The fourth-order valence-corrected chi connectivity index (χ4v) is 1.42. The highest BCUT2D eigenvalue weighted by molar-refractivity contribution is 5.66. The third kappa shape index (κ3) is 3.51. The zero-order chi connectivity index (χ0) is 13.0. The molecule has 100 valence electrons. The Morgan fingerprint density at radius 1 is 1.24 bits per heavy atom. The Morgan fingerprint density at radius 2 is 1.88 bits per heavy atom. The zero-order valence-corrected chi connectivity index (χ0v) is 9.31. The largest absolute Gasteiger partial charge is 0.447 e. The van der Waals surface area contributed by atoms with Gasteiger partial charge in [0.1, 0.15) is 31.0 Å². The maximum Gasteiger partial charge on any atom is 0.407 e. The van der Waals surface area contributed by atoms with Crippen LogP contribution in [0, 0.1) is 0 Å². The molecule has 0 aromatic rings. The molecule has 1 amide bonds. The molecule has 1 fully saturated rings. The van der Waals surface area contributed by atoms with Gasteiger partial charge in [0.05, 0.1) is 0 Å². The van der Waals surface area contributed by atoms with Gasteiger partial charge in [-0.3, -0.25) is 0 Å². The number of carbonyl (C=O) groups excluding carboxylic acids is 1. The van der Waals surface area contributed by atoms with Crippen molar-refractivity contribution < 1.29 is 34.7 Å². The Labute approximate surface area is 97.8 Å². The van der Waals surface area contributed by atoms with Gasteiger partial charge >= 0.3 is 6.09 Å². The fourth-order valence-electron chi connectivity index (χ4n) is 1.42. The van der Waals surface area contributed by atoms with Gasteiger partial charge in [0.2, 0.25) is 0 Å². The van der Waals surface area contributed by atoms with Gasteiger partial charge in [0.15, 0.2) is 6.29 Å². The lowest BCUT2D eigenvalue weighted by Gasteiger charge is -2.37. The first-order chi connectivity index (χ1) is 7.97. The van der Waals surface area contributed by atoms with Crippen LogP contribution < -0.4 is 5.32 Å². The van der Waals surface area contributed by atoms with Crippen LogP contribution in [0.5, 0.6) is 0 Å². The molecule has 17 heavy (non-hydrogen) atoms. The van der Waals surface area contributed by atoms with Crippen molar-refractivity contribution in [1.29, 1.82) is 0 Å². The number of rotatable bonds is 3. The summed E-state index contributed by atoms with van der Waals surface area (Å²) in [6.07, 6.45) is -8.00. The minimum absolute atomic E-state index is 0.339. The van der Waals surface area contributed by atoms with E-state index in [2.05, 4.69) is 10.1 Å². The van der Waals surface area contributed by atoms with E-state index in [1.54, 1.807) is 6.92 Å². The highest BCUT2D eigenvalue weighted by Gasteiger charge is 2.43. The molecule has 0 aromatic carbocycles. The molecule has 0 aromatic heterocycles. The normalized spacial score (nSPS) is 37.6. The number of ether oxygens (including phenoxy) is 2. The summed E-state index contributed by atoms with van der Waals surface area (Å²) < 4.78 is 9.49. The molecule has 1 aliphatic rings. The zero-order valence-electron chi connectivity index (χ0n) is 9.31. The van der Waals surface area contributed by atoms with Gasteiger partial charge in [0, 0.05) is 6.54 Å². The SMILES string of the molecule is CCNC(=O)OC[C@H]1OC(O)[C@H](O)[C@@H](O)[C@H]1O. The topological polar surface area (TPSA) is 128 Å². The highest BCUT2D eigenvalue weighted by Crippen LogP contribution is 2.19. The Kier molecular flexibility index (Phi) is 5.09. The van der Waals surface area contributed by atoms with Crippen molar-refractivity contribution >= 4 is 6.09 Å². The molecule has 1 aliphatic heterocycles. The first-order valence-corrected chi connectivity index (χ1v) is 5.25. The van der Waals surface area contributed by atoms with Crippen LogP contribution in [0.25, 0.3) is 0 Å². The average molecular weight is 251 g/mol. The number of carbonyl (C=O) groups is 1. The van der Waals surface area contributed by atoms with E-state index in [-0.39, 0.29) is 6.61 Å². The summed E-state index contributed by atoms with van der Waals surface area (Å²) in [6, 6.07) is 0. The first kappa shape index (κ1) is 14.1. The number of aliphatic hydroxyl groups excluding tert-OH is 4. The van der Waals surface area contributed by atoms with E-state index < -0.39 is 36.8 Å². The molecule has 8 nitrogen and oxygen atoms in total. The molecule has 1 saturated heterocycles. The van der Waals surface area contributed by atoms with Gasteiger partial charge in [0.25, 0.3) is 0 Å². The van der Waals surface area contributed by atoms with Crippen LogP contribution in [0.1, 0.15) is 6.92 Å². The van der Waals surface area contributed by atoms with Crippen molar-refractivity contribution in [3.63, 3.8) is 0 Å². The Hall–Kier alpha value is -0.930. The van der Waals surface area contributed by atoms with Crippen LogP contribution in [-0.4, -0.2) is 70.4 Å². The van der Waals surface area contributed by atoms with Crippen LogP contribution in [0.3, 0.4) is 0 Å². The molecule has 1 rings (SSSR count). The minimum atomic E-state index is -1.63. The fraction of sp³-hybridized carbons (Fsp3) is 0.889. The van der Waals surface area contributed by atoms with Crippen LogP contribution in [0.4, 0.5) is 4.79 Å². The van der Waals surface area contributed by atoms with Crippen LogP contribution >= 0.6 is 0 Å². The number of alkyl carbamates (subject to hydrolysis) is 1. The second kappa shape index (κ2) is 6.12. The van der Waals surface area contributed by atoms with Gasteiger partial charge in [-0.1, -0.05) is 0 Å². The second-order valence-corrected chi connectivity index (χ2v) is 3.67. The summed E-state index contributed by atoms with van der Waals surface area (Å²) in [5.41, 5.74) is 0. The summed E-state index contributed by atoms with van der Waals surface area (Å²) >= 11 is 0. The van der Waals surface area contributed by atoms with Gasteiger partial charge in [-0.05, 0) is 6.92 Å². The Morgan fingerprint density at radius 3 is 2.47 bits per heavy atom. The molecule has 0 saturated carbocycles. The molecule has 1 heterocycles. The summed E-state index contributed by atoms with van der Waals surface area (Å²) in [4.78, 5) is 11.0. The van der Waals surface area contributed by atoms with E-state index in [1.807, 2.05) is 0 Å². The van der Waals surface area contributed by atoms with E-state index in [9.17, 15) is 25.2 Å². The van der Waals surface area contributed by atoms with E-state index in [1.165, 1.54) is 0 Å². The Balaban J connectivity index is 2.45. The Bertz CT molecular complexity index is 262. The maximum atomic E-state index is 11.0. The molecular weight excluding hydrogens is 234 g/mol. The maximum absolute atomic E-state index is 11.0. The van der Waals surface area contributed by atoms with E-state index >= 15 is 0 Å². The van der Waals surface area contributed by atoms with Gasteiger partial charge in [-0.15, -0.1) is 0 Å². The number of hydrogen-bond acceptors (Lipinski definition) is 7. The summed E-state index contributed by atoms with van der Waals surface area (Å²) in [5, 5.41) is 39.6. The van der Waals surface area contributed by atoms with E-state index in [0.717, 1.165) is 0 Å². The molecule has 0 radical (unpaired) electrons. The van der Waals surface area contributed by atoms with Crippen LogP contribution in [0.15, 0.2) is 0 Å². The molecule has 0 spiro atoms. The lowest BCUT2D eigenvalue weighted by Crippen LogP contribution is -2.58. The monoisotopic (exact) mass is 251 g/mol. The van der Waals surface area contributed by atoms with Crippen LogP contribution in [0.2, 0.25) is 0 Å². The van der Waals surface area contributed by atoms with Crippen molar-refractivity contribution in [2.75, 3.05) is 13.2 Å². The quantitative estimate of drug-likeness (QED) is 0.376. The van der Waals surface area contributed by atoms with Crippen molar-refractivity contribution in [2.24, 2.45) is 0 Å². The molecule has 0 aliphatic carbocycles. The standard InChI is InChI=1S/C9H17NO7/c1-2-10-9(15)16-3-4-5(11)6(12)7(13)8(14)17-4/h4-8,11-14H,2-3H2,1H3,(H,10,15)/t4-,5+,6+,7-,8?/m1/s1. The third-order valence-electron chi connectivity index (χ3n) is 2.39. The molecule has 8 heteroatoms. The number of amides is 1. The van der Waals surface area contributed by atoms with Crippen molar-refractivity contribution in [2.45, 2.75) is 37.6 Å². The highest BCUT2D eigenvalue weighted by atomic mass is 16.7. The molecule has 1 unspecified atom stereocenters. The van der Waals surface area contributed by atoms with Gasteiger partial charge in [-0.2, -0.15) is 0 Å². The lowest BCUT2D eigenvalue weighted by atomic mass is 9.99. The number of nitrogens with one attached hydrogen (secondary N) is 1. The summed E-state index contributed by atoms with van der Waals surface area (Å²) in [7, 11) is 0. The first-order valence-electron chi connectivity index (χ1n) is 5.25. The smallest absolute Gasteiger partial charge is 0.407 e. The molecule has 0 bridgehead atoms. The summed E-state index contributed by atoms with van der Waals surface area (Å²) in [5.74, 6) is 0. The number of aliphatic hydroxyl groups is 4. The lowest BCUT2D eigenvalue weighted by molar-refractivity contribution is -0.286. The average Bonchev–Trinajstić information content (AvgIpc) is 2.30. The third-order valence-corrected chi connectivity index (χ3v) is 2.39. The van der Waals surface area contributed by atoms with Crippen molar-refractivity contribution in [1.82, 2.24) is 5.32 Å². The molecular formula is C9H17NO7. The number of hydrogen-bond donors (Lipinski definition) is 5. The minimum Gasteiger partial charge on any atom is -0.447 e. The van der Waals surface area contributed by atoms with Crippen molar-refractivity contribution in [3.8, 4) is 0 Å². The van der Waals surface area contributed by atoms with Gasteiger partial charge < -0.3 is 35.2 Å². The van der Waals surface area contributed by atoms with E-state index in [4.69, 9.17) is 4.74 Å². The predicted octanol–water partition coefficient (Wildman–Crippen LogP) is -2.47. The van der Waals surface area contributed by atoms with Gasteiger partial charge in [-0.25, -0.2) is 4.79 Å². The molecule has 5 atom stereocenters. The summed E-state index contributed by atoms with van der Waals surface area (Å²) in [6.45, 7) is 1.75.